The van der Waals surface area contributed by atoms with Gasteiger partial charge in [-0.25, -0.2) is 17.2 Å². The summed E-state index contributed by atoms with van der Waals surface area (Å²) in [5.41, 5.74) is 5.55. The fraction of sp³-hybridized carbons (Fsp3) is 0.500. The first-order chi connectivity index (χ1) is 8.93. The van der Waals surface area contributed by atoms with Gasteiger partial charge in [0.05, 0.1) is 4.90 Å². The molecule has 0 aromatic heterocycles. The molecule has 0 amide bonds. The van der Waals surface area contributed by atoms with Crippen molar-refractivity contribution >= 4 is 10.0 Å². The summed E-state index contributed by atoms with van der Waals surface area (Å²) < 4.78 is 52.1. The fourth-order valence-corrected chi connectivity index (χ4v) is 3.86. The molecule has 0 radical (unpaired) electrons. The highest BCUT2D eigenvalue weighted by Gasteiger charge is 2.30. The van der Waals surface area contributed by atoms with E-state index in [1.54, 1.807) is 0 Å². The molecule has 4 nitrogen and oxygen atoms in total. The third-order valence-corrected chi connectivity index (χ3v) is 5.13. The highest BCUT2D eigenvalue weighted by molar-refractivity contribution is 7.89. The van der Waals surface area contributed by atoms with E-state index in [-0.39, 0.29) is 10.8 Å². The minimum Gasteiger partial charge on any atom is -0.330 e. The molecular formula is C12H16F2N2O2S. The Labute approximate surface area is 111 Å². The molecule has 106 valence electrons. The number of hydrogen-bond donors (Lipinski definition) is 1. The smallest absolute Gasteiger partial charge is 0.243 e. The molecular weight excluding hydrogens is 274 g/mol. The Bertz CT molecular complexity index is 543. The van der Waals surface area contributed by atoms with Crippen molar-refractivity contribution in [1.82, 2.24) is 4.31 Å². The van der Waals surface area contributed by atoms with Crippen LogP contribution >= 0.6 is 0 Å². The van der Waals surface area contributed by atoms with Crippen LogP contribution in [-0.2, 0) is 10.0 Å². The molecule has 1 saturated heterocycles. The summed E-state index contributed by atoms with van der Waals surface area (Å²) in [6.45, 7) is 1.07. The number of halogens is 2. The lowest BCUT2D eigenvalue weighted by Gasteiger charge is -2.31. The quantitative estimate of drug-likeness (QED) is 0.913. The zero-order valence-corrected chi connectivity index (χ0v) is 11.2. The summed E-state index contributed by atoms with van der Waals surface area (Å²) in [6.07, 6.45) is 1.58. The molecule has 1 unspecified atom stereocenters. The van der Waals surface area contributed by atoms with E-state index in [1.165, 1.54) is 4.31 Å². The number of piperidine rings is 1. The van der Waals surface area contributed by atoms with E-state index >= 15 is 0 Å². The van der Waals surface area contributed by atoms with Gasteiger partial charge in [0.1, 0.15) is 11.6 Å². The monoisotopic (exact) mass is 290 g/mol. The first-order valence-electron chi connectivity index (χ1n) is 6.10. The SMILES string of the molecule is NCC1CCCN(S(=O)(=O)c2cc(F)cc(F)c2)C1. The van der Waals surface area contributed by atoms with Crippen LogP contribution in [0.25, 0.3) is 0 Å². The second kappa shape index (κ2) is 5.52. The highest BCUT2D eigenvalue weighted by Crippen LogP contribution is 2.24. The number of nitrogens with two attached hydrogens (primary N) is 1. The molecule has 2 N–H and O–H groups in total. The predicted molar refractivity (Wildman–Crippen MR) is 66.9 cm³/mol. The number of rotatable bonds is 3. The second-order valence-corrected chi connectivity index (χ2v) is 6.65. The van der Waals surface area contributed by atoms with E-state index in [2.05, 4.69) is 0 Å². The Kier molecular flexibility index (Phi) is 4.17. The molecule has 7 heteroatoms. The van der Waals surface area contributed by atoms with Gasteiger partial charge in [-0.3, -0.25) is 0 Å². The predicted octanol–water partition coefficient (Wildman–Crippen LogP) is 1.32. The molecule has 1 aromatic rings. The minimum atomic E-state index is -3.85. The molecule has 1 atom stereocenters. The van der Waals surface area contributed by atoms with E-state index in [0.29, 0.717) is 32.1 Å². The zero-order valence-electron chi connectivity index (χ0n) is 10.4. The molecule has 1 aromatic carbocycles. The van der Waals surface area contributed by atoms with Gasteiger partial charge in [-0.2, -0.15) is 4.31 Å². The van der Waals surface area contributed by atoms with Gasteiger partial charge >= 0.3 is 0 Å². The normalized spacial score (nSPS) is 21.5. The van der Waals surface area contributed by atoms with Crippen LogP contribution in [0.2, 0.25) is 0 Å². The van der Waals surface area contributed by atoms with Crippen LogP contribution in [0.3, 0.4) is 0 Å². The van der Waals surface area contributed by atoms with Crippen molar-refractivity contribution in [1.29, 1.82) is 0 Å². The first kappa shape index (κ1) is 14.4. The van der Waals surface area contributed by atoms with Crippen LogP contribution in [0, 0.1) is 17.6 Å². The van der Waals surface area contributed by atoms with E-state index in [4.69, 9.17) is 5.73 Å². The fourth-order valence-electron chi connectivity index (χ4n) is 2.26. The third-order valence-electron chi connectivity index (χ3n) is 3.29. The van der Waals surface area contributed by atoms with Crippen molar-refractivity contribution in [3.8, 4) is 0 Å². The maximum Gasteiger partial charge on any atom is 0.243 e. The molecule has 0 bridgehead atoms. The van der Waals surface area contributed by atoms with Gasteiger partial charge < -0.3 is 5.73 Å². The summed E-state index contributed by atoms with van der Waals surface area (Å²) in [5, 5.41) is 0. The van der Waals surface area contributed by atoms with Crippen molar-refractivity contribution in [3.63, 3.8) is 0 Å². The topological polar surface area (TPSA) is 63.4 Å². The van der Waals surface area contributed by atoms with Crippen LogP contribution in [0.15, 0.2) is 23.1 Å². The van der Waals surface area contributed by atoms with Gasteiger partial charge in [-0.05, 0) is 37.4 Å². The number of benzene rings is 1. The summed E-state index contributed by atoms with van der Waals surface area (Å²) in [7, 11) is -3.85. The molecule has 0 aliphatic carbocycles. The molecule has 19 heavy (non-hydrogen) atoms. The summed E-state index contributed by atoms with van der Waals surface area (Å²) >= 11 is 0. The van der Waals surface area contributed by atoms with Crippen LogP contribution in [0.4, 0.5) is 8.78 Å². The van der Waals surface area contributed by atoms with Crippen molar-refractivity contribution < 1.29 is 17.2 Å². The first-order valence-corrected chi connectivity index (χ1v) is 7.54. The minimum absolute atomic E-state index is 0.0990. The maximum atomic E-state index is 13.1. The van der Waals surface area contributed by atoms with E-state index in [9.17, 15) is 17.2 Å². The van der Waals surface area contributed by atoms with E-state index in [1.807, 2.05) is 0 Å². The number of hydrogen-bond acceptors (Lipinski definition) is 3. The Hall–Kier alpha value is -1.05. The number of sulfonamides is 1. The third kappa shape index (κ3) is 3.10. The molecule has 1 aliphatic heterocycles. The van der Waals surface area contributed by atoms with Gasteiger partial charge in [-0.15, -0.1) is 0 Å². The molecule has 1 aliphatic rings. The lowest BCUT2D eigenvalue weighted by Crippen LogP contribution is -2.42. The lowest BCUT2D eigenvalue weighted by molar-refractivity contribution is 0.271. The van der Waals surface area contributed by atoms with Crippen LogP contribution < -0.4 is 5.73 Å². The van der Waals surface area contributed by atoms with Gasteiger partial charge in [-0.1, -0.05) is 0 Å². The lowest BCUT2D eigenvalue weighted by atomic mass is 10.0. The van der Waals surface area contributed by atoms with Crippen LogP contribution in [-0.4, -0.2) is 32.4 Å². The van der Waals surface area contributed by atoms with Gasteiger partial charge in [0, 0.05) is 19.2 Å². The van der Waals surface area contributed by atoms with Gasteiger partial charge in [0.15, 0.2) is 0 Å². The molecule has 1 heterocycles. The Balaban J connectivity index is 2.31. The molecule has 0 saturated carbocycles. The van der Waals surface area contributed by atoms with Crippen molar-refractivity contribution in [2.24, 2.45) is 11.7 Å². The number of nitrogens with zero attached hydrogens (tertiary/aromatic N) is 1. The van der Waals surface area contributed by atoms with Gasteiger partial charge in [0.2, 0.25) is 10.0 Å². The summed E-state index contributed by atoms with van der Waals surface area (Å²) in [6, 6.07) is 2.33. The summed E-state index contributed by atoms with van der Waals surface area (Å²) in [4.78, 5) is -0.345. The van der Waals surface area contributed by atoms with Crippen LogP contribution in [0.5, 0.6) is 0 Å². The second-order valence-electron chi connectivity index (χ2n) is 4.71. The average Bonchev–Trinajstić information content (AvgIpc) is 2.37. The average molecular weight is 290 g/mol. The van der Waals surface area contributed by atoms with Crippen molar-refractivity contribution in [3.05, 3.63) is 29.8 Å². The highest BCUT2D eigenvalue weighted by atomic mass is 32.2. The largest absolute Gasteiger partial charge is 0.330 e. The molecule has 0 spiro atoms. The van der Waals surface area contributed by atoms with E-state index < -0.39 is 21.7 Å². The molecule has 2 rings (SSSR count). The zero-order chi connectivity index (χ0) is 14.0. The molecule has 1 fully saturated rings. The standard InChI is InChI=1S/C12H16F2N2O2S/c13-10-4-11(14)6-12(5-10)19(17,18)16-3-1-2-9(7-15)8-16/h4-6,9H,1-3,7-8,15H2. The van der Waals surface area contributed by atoms with Gasteiger partial charge in [0.25, 0.3) is 0 Å². The van der Waals surface area contributed by atoms with Crippen molar-refractivity contribution in [2.75, 3.05) is 19.6 Å². The van der Waals surface area contributed by atoms with Crippen LogP contribution in [0.1, 0.15) is 12.8 Å². The maximum absolute atomic E-state index is 13.1. The van der Waals surface area contributed by atoms with Crippen molar-refractivity contribution in [2.45, 2.75) is 17.7 Å². The Morgan fingerprint density at radius 1 is 1.26 bits per heavy atom. The van der Waals surface area contributed by atoms with E-state index in [0.717, 1.165) is 18.6 Å². The summed E-state index contributed by atoms with van der Waals surface area (Å²) in [5.74, 6) is -1.70. The Morgan fingerprint density at radius 2 is 1.89 bits per heavy atom. The Morgan fingerprint density at radius 3 is 2.47 bits per heavy atom.